The second-order valence-electron chi connectivity index (χ2n) is 4.64. The number of hydrogen-bond acceptors (Lipinski definition) is 5. The molecule has 6 nitrogen and oxygen atoms in total. The molecule has 0 spiro atoms. The average molecular weight is 289 g/mol. The van der Waals surface area contributed by atoms with Gasteiger partial charge in [-0.3, -0.25) is 5.43 Å². The molecule has 2 aliphatic heterocycles. The molecule has 0 radical (unpaired) electrons. The Bertz CT molecular complexity index is 573. The van der Waals surface area contributed by atoms with Gasteiger partial charge in [0.2, 0.25) is 0 Å². The highest BCUT2D eigenvalue weighted by Crippen LogP contribution is 2.35. The normalized spacial score (nSPS) is 25.3. The number of fused-ring (bicyclic) bond motifs is 1. The van der Waals surface area contributed by atoms with Gasteiger partial charge in [0.05, 0.1) is 6.21 Å². The van der Waals surface area contributed by atoms with Crippen molar-refractivity contribution in [3.63, 3.8) is 0 Å². The number of carbonyl (C=O) groups excluding carboxylic acids is 1. The second-order valence-corrected chi connectivity index (χ2v) is 5.75. The molecule has 1 N–H and O–H groups in total. The van der Waals surface area contributed by atoms with Crippen molar-refractivity contribution in [2.45, 2.75) is 11.5 Å². The van der Waals surface area contributed by atoms with Crippen molar-refractivity contribution in [2.75, 3.05) is 14.1 Å². The van der Waals surface area contributed by atoms with E-state index in [1.807, 2.05) is 30.3 Å². The molecule has 104 valence electrons. The molecule has 2 unspecified atom stereocenters. The Balaban J connectivity index is 1.64. The van der Waals surface area contributed by atoms with Gasteiger partial charge in [-0.2, -0.15) is 5.10 Å². The van der Waals surface area contributed by atoms with Crippen LogP contribution in [0.4, 0.5) is 4.79 Å². The van der Waals surface area contributed by atoms with E-state index in [2.05, 4.69) is 15.5 Å². The van der Waals surface area contributed by atoms with Gasteiger partial charge in [-0.15, -0.1) is 0 Å². The first-order chi connectivity index (χ1) is 9.66. The number of amides is 2. The summed E-state index contributed by atoms with van der Waals surface area (Å²) in [4.78, 5) is 19.6. The number of aliphatic imine (C=N–C) groups is 1. The SMILES string of the molecule is CN1C(=O)N(C)C2SC(N/N=C/c3ccccc3)=NC21. The number of benzene rings is 1. The van der Waals surface area contributed by atoms with Gasteiger partial charge in [-0.25, -0.2) is 9.79 Å². The molecule has 1 fully saturated rings. The van der Waals surface area contributed by atoms with E-state index in [1.165, 1.54) is 11.8 Å². The Morgan fingerprint density at radius 1 is 1.30 bits per heavy atom. The Morgan fingerprint density at radius 2 is 2.05 bits per heavy atom. The van der Waals surface area contributed by atoms with E-state index in [0.29, 0.717) is 0 Å². The fourth-order valence-corrected chi connectivity index (χ4v) is 3.29. The summed E-state index contributed by atoms with van der Waals surface area (Å²) < 4.78 is 0. The van der Waals surface area contributed by atoms with Crippen LogP contribution in [0.3, 0.4) is 0 Å². The summed E-state index contributed by atoms with van der Waals surface area (Å²) in [6.45, 7) is 0. The highest BCUT2D eigenvalue weighted by atomic mass is 32.2. The summed E-state index contributed by atoms with van der Waals surface area (Å²) >= 11 is 1.52. The zero-order valence-corrected chi connectivity index (χ0v) is 12.0. The van der Waals surface area contributed by atoms with Crippen molar-refractivity contribution in [1.82, 2.24) is 15.2 Å². The quantitative estimate of drug-likeness (QED) is 0.660. The summed E-state index contributed by atoms with van der Waals surface area (Å²) in [6, 6.07) is 9.84. The Kier molecular flexibility index (Phi) is 3.35. The number of amidine groups is 1. The van der Waals surface area contributed by atoms with Gasteiger partial charge in [0, 0.05) is 14.1 Å². The molecule has 0 saturated carbocycles. The number of nitrogens with zero attached hydrogens (tertiary/aromatic N) is 4. The molecule has 0 aromatic heterocycles. The lowest BCUT2D eigenvalue weighted by atomic mass is 10.2. The number of nitrogens with one attached hydrogen (secondary N) is 1. The minimum Gasteiger partial charge on any atom is -0.311 e. The number of rotatable bonds is 2. The fourth-order valence-electron chi connectivity index (χ4n) is 2.17. The molecule has 1 aromatic rings. The fraction of sp³-hybridized carbons (Fsp3) is 0.308. The van der Waals surface area contributed by atoms with Crippen LogP contribution in [0.25, 0.3) is 0 Å². The smallest absolute Gasteiger partial charge is 0.311 e. The number of carbonyl (C=O) groups is 1. The zero-order chi connectivity index (χ0) is 14.1. The van der Waals surface area contributed by atoms with Crippen LogP contribution in [-0.2, 0) is 0 Å². The number of hydrazone groups is 1. The van der Waals surface area contributed by atoms with Crippen molar-refractivity contribution < 1.29 is 4.79 Å². The van der Waals surface area contributed by atoms with Crippen LogP contribution in [0, 0.1) is 0 Å². The van der Waals surface area contributed by atoms with Crippen LogP contribution in [-0.4, -0.2) is 52.8 Å². The van der Waals surface area contributed by atoms with E-state index in [9.17, 15) is 4.79 Å². The minimum absolute atomic E-state index is 0.00286. The predicted molar refractivity (Wildman–Crippen MR) is 80.7 cm³/mol. The molecular formula is C13H15N5OS. The van der Waals surface area contributed by atoms with Crippen molar-refractivity contribution in [3.05, 3.63) is 35.9 Å². The monoisotopic (exact) mass is 289 g/mol. The Morgan fingerprint density at radius 3 is 2.75 bits per heavy atom. The molecule has 0 aliphatic carbocycles. The Labute approximate surface area is 121 Å². The highest BCUT2D eigenvalue weighted by Gasteiger charge is 2.46. The molecule has 7 heteroatoms. The van der Waals surface area contributed by atoms with Crippen molar-refractivity contribution in [3.8, 4) is 0 Å². The van der Waals surface area contributed by atoms with Gasteiger partial charge < -0.3 is 9.80 Å². The van der Waals surface area contributed by atoms with E-state index in [4.69, 9.17) is 0 Å². The zero-order valence-electron chi connectivity index (χ0n) is 11.2. The molecule has 3 rings (SSSR count). The third kappa shape index (κ3) is 2.24. The summed E-state index contributed by atoms with van der Waals surface area (Å²) in [7, 11) is 3.56. The third-order valence-electron chi connectivity index (χ3n) is 3.29. The van der Waals surface area contributed by atoms with Crippen LogP contribution in [0.5, 0.6) is 0 Å². The van der Waals surface area contributed by atoms with Gasteiger partial charge >= 0.3 is 6.03 Å². The molecule has 0 bridgehead atoms. The largest absolute Gasteiger partial charge is 0.322 e. The molecular weight excluding hydrogens is 274 g/mol. The van der Waals surface area contributed by atoms with Crippen LogP contribution < -0.4 is 5.43 Å². The van der Waals surface area contributed by atoms with E-state index in [-0.39, 0.29) is 17.6 Å². The maximum atomic E-state index is 11.7. The standard InChI is InChI=1S/C13H15N5OS/c1-17-10-11(18(2)13(17)19)20-12(15-10)16-14-8-9-6-4-3-5-7-9/h3-8,10-11H,1-2H3,(H,15,16)/b14-8+. The maximum absolute atomic E-state index is 11.7. The minimum atomic E-state index is -0.132. The molecule has 1 aromatic carbocycles. The van der Waals surface area contributed by atoms with Crippen LogP contribution in [0.2, 0.25) is 0 Å². The number of hydrogen-bond donors (Lipinski definition) is 1. The highest BCUT2D eigenvalue weighted by molar-refractivity contribution is 8.14. The third-order valence-corrected chi connectivity index (χ3v) is 4.51. The molecule has 2 heterocycles. The summed E-state index contributed by atoms with van der Waals surface area (Å²) in [6.07, 6.45) is 1.61. The van der Waals surface area contributed by atoms with E-state index in [1.54, 1.807) is 30.1 Å². The maximum Gasteiger partial charge on any atom is 0.322 e. The lowest BCUT2D eigenvalue weighted by Crippen LogP contribution is -2.30. The average Bonchev–Trinajstić information content (AvgIpc) is 2.97. The van der Waals surface area contributed by atoms with Gasteiger partial charge in [0.25, 0.3) is 0 Å². The van der Waals surface area contributed by atoms with Crippen molar-refractivity contribution in [2.24, 2.45) is 10.1 Å². The molecule has 2 aliphatic rings. The lowest BCUT2D eigenvalue weighted by molar-refractivity contribution is 0.201. The summed E-state index contributed by atoms with van der Waals surface area (Å²) in [5.74, 6) is 0. The summed E-state index contributed by atoms with van der Waals surface area (Å²) in [5, 5.41) is 4.94. The number of thioether (sulfide) groups is 1. The van der Waals surface area contributed by atoms with Crippen LogP contribution >= 0.6 is 11.8 Å². The predicted octanol–water partition coefficient (Wildman–Crippen LogP) is 1.36. The van der Waals surface area contributed by atoms with Gasteiger partial charge in [0.15, 0.2) is 11.3 Å². The second kappa shape index (κ2) is 5.16. The Hall–Kier alpha value is -2.02. The van der Waals surface area contributed by atoms with Gasteiger partial charge in [-0.1, -0.05) is 42.1 Å². The molecule has 2 amide bonds. The van der Waals surface area contributed by atoms with E-state index < -0.39 is 0 Å². The topological polar surface area (TPSA) is 60.3 Å². The van der Waals surface area contributed by atoms with Crippen LogP contribution in [0.15, 0.2) is 40.4 Å². The van der Waals surface area contributed by atoms with E-state index >= 15 is 0 Å². The van der Waals surface area contributed by atoms with Crippen LogP contribution in [0.1, 0.15) is 5.56 Å². The molecule has 2 atom stereocenters. The van der Waals surface area contributed by atoms with Gasteiger partial charge in [-0.05, 0) is 5.56 Å². The molecule has 20 heavy (non-hydrogen) atoms. The van der Waals surface area contributed by atoms with Gasteiger partial charge in [0.1, 0.15) is 5.37 Å². The summed E-state index contributed by atoms with van der Waals surface area (Å²) in [5.41, 5.74) is 3.95. The number of likely N-dealkylation sites (N-methyl/N-ethyl adjacent to an activating group) is 2. The first kappa shape index (κ1) is 13.0. The van der Waals surface area contributed by atoms with Crippen molar-refractivity contribution in [1.29, 1.82) is 0 Å². The first-order valence-electron chi connectivity index (χ1n) is 6.25. The molecule has 1 saturated heterocycles. The lowest BCUT2D eigenvalue weighted by Gasteiger charge is -2.14. The van der Waals surface area contributed by atoms with E-state index in [0.717, 1.165) is 10.7 Å². The van der Waals surface area contributed by atoms with Crippen molar-refractivity contribution >= 4 is 29.2 Å². The first-order valence-corrected chi connectivity index (χ1v) is 7.13. The number of urea groups is 1.